The Hall–Kier alpha value is -0.0800. The summed E-state index contributed by atoms with van der Waals surface area (Å²) in [6, 6.07) is 0. The van der Waals surface area contributed by atoms with Gasteiger partial charge in [-0.1, -0.05) is 6.92 Å². The smallest absolute Gasteiger partial charge is 0.191 e. The van der Waals surface area contributed by atoms with Crippen LogP contribution in [0.4, 0.5) is 0 Å². The van der Waals surface area contributed by atoms with Crippen LogP contribution in [0.2, 0.25) is 0 Å². The topological polar surface area (TPSA) is 48.9 Å². The molecule has 138 valence electrons. The molecule has 0 bridgehead atoms. The fourth-order valence-corrected chi connectivity index (χ4v) is 2.84. The van der Waals surface area contributed by atoms with Crippen molar-refractivity contribution in [1.82, 2.24) is 15.5 Å². The molecule has 1 atom stereocenters. The minimum Gasteiger partial charge on any atom is -0.382 e. The van der Waals surface area contributed by atoms with Crippen LogP contribution < -0.4 is 10.6 Å². The third kappa shape index (κ3) is 12.0. The highest BCUT2D eigenvalue weighted by Crippen LogP contribution is 2.15. The Balaban J connectivity index is 0.00000484. The van der Waals surface area contributed by atoms with Gasteiger partial charge >= 0.3 is 0 Å². The van der Waals surface area contributed by atoms with Crippen molar-refractivity contribution in [3.63, 3.8) is 0 Å². The highest BCUT2D eigenvalue weighted by Gasteiger charge is 2.15. The quantitative estimate of drug-likeness (QED) is 0.237. The van der Waals surface area contributed by atoms with Gasteiger partial charge in [0.25, 0.3) is 0 Å². The monoisotopic (exact) mass is 440 g/mol. The first-order valence-corrected chi connectivity index (χ1v) is 9.08. The molecule has 2 N–H and O–H groups in total. The molecule has 0 aromatic heterocycles. The Kier molecular flexibility index (Phi) is 15.4. The summed E-state index contributed by atoms with van der Waals surface area (Å²) in [5, 5.41) is 6.74. The van der Waals surface area contributed by atoms with Crippen LogP contribution in [0.1, 0.15) is 46.5 Å². The second-order valence-electron chi connectivity index (χ2n) is 6.14. The van der Waals surface area contributed by atoms with Crippen molar-refractivity contribution >= 4 is 29.9 Å². The number of halogens is 1. The largest absolute Gasteiger partial charge is 0.382 e. The van der Waals surface area contributed by atoms with Gasteiger partial charge in [-0.2, -0.15) is 0 Å². The molecule has 1 aliphatic rings. The summed E-state index contributed by atoms with van der Waals surface area (Å²) in [5.74, 6) is 1.80. The zero-order chi connectivity index (χ0) is 16.0. The molecule has 0 aromatic carbocycles. The molecule has 5 nitrogen and oxygen atoms in total. The Morgan fingerprint density at radius 1 is 1.26 bits per heavy atom. The molecule has 1 saturated heterocycles. The molecule has 0 spiro atoms. The van der Waals surface area contributed by atoms with Crippen molar-refractivity contribution in [1.29, 1.82) is 0 Å². The Bertz CT molecular complexity index is 302. The lowest BCUT2D eigenvalue weighted by molar-refractivity contribution is 0.146. The maximum atomic E-state index is 5.33. The van der Waals surface area contributed by atoms with E-state index in [1.807, 2.05) is 6.92 Å². The van der Waals surface area contributed by atoms with Crippen molar-refractivity contribution < 1.29 is 4.74 Å². The number of ether oxygens (including phenoxy) is 1. The normalized spacial score (nSPS) is 19.3. The number of piperidine rings is 1. The lowest BCUT2D eigenvalue weighted by atomic mass is 10.0. The number of aliphatic imine (C=N–C) groups is 1. The zero-order valence-electron chi connectivity index (χ0n) is 15.3. The van der Waals surface area contributed by atoms with Crippen molar-refractivity contribution in [2.75, 3.05) is 52.5 Å². The molecule has 0 amide bonds. The van der Waals surface area contributed by atoms with Crippen LogP contribution >= 0.6 is 24.0 Å². The molecule has 0 saturated carbocycles. The number of nitrogens with one attached hydrogen (secondary N) is 2. The van der Waals surface area contributed by atoms with Gasteiger partial charge in [0, 0.05) is 39.4 Å². The van der Waals surface area contributed by atoms with Gasteiger partial charge in [-0.25, -0.2) is 0 Å². The maximum absolute atomic E-state index is 5.33. The van der Waals surface area contributed by atoms with Gasteiger partial charge < -0.3 is 20.3 Å². The molecule has 1 rings (SSSR count). The van der Waals surface area contributed by atoms with E-state index in [0.717, 1.165) is 51.1 Å². The molecule has 0 aliphatic carbocycles. The van der Waals surface area contributed by atoms with E-state index in [1.54, 1.807) is 0 Å². The first-order chi connectivity index (χ1) is 10.8. The van der Waals surface area contributed by atoms with Crippen molar-refractivity contribution in [3.05, 3.63) is 0 Å². The van der Waals surface area contributed by atoms with E-state index < -0.39 is 0 Å². The summed E-state index contributed by atoms with van der Waals surface area (Å²) in [5.41, 5.74) is 0. The third-order valence-electron chi connectivity index (χ3n) is 3.95. The summed E-state index contributed by atoms with van der Waals surface area (Å²) >= 11 is 0. The van der Waals surface area contributed by atoms with Gasteiger partial charge in [-0.05, 0) is 58.5 Å². The average molecular weight is 440 g/mol. The van der Waals surface area contributed by atoms with Gasteiger partial charge in [0.1, 0.15) is 0 Å². The van der Waals surface area contributed by atoms with Gasteiger partial charge in [0.2, 0.25) is 0 Å². The van der Waals surface area contributed by atoms with Crippen LogP contribution in [0.3, 0.4) is 0 Å². The van der Waals surface area contributed by atoms with Crippen LogP contribution in [0, 0.1) is 5.92 Å². The number of likely N-dealkylation sites (tertiary alicyclic amines) is 1. The van der Waals surface area contributed by atoms with Gasteiger partial charge in [-0.15, -0.1) is 24.0 Å². The van der Waals surface area contributed by atoms with Crippen molar-refractivity contribution in [3.8, 4) is 0 Å². The summed E-state index contributed by atoms with van der Waals surface area (Å²) in [4.78, 5) is 7.18. The standard InChI is InChI=1S/C17H36N4O.HI/c1-4-18-17(20-11-8-14-22-5-2)19-10-7-13-21-12-6-9-16(3)15-21;/h16H,4-15H2,1-3H3,(H2,18,19,20);1H. The van der Waals surface area contributed by atoms with E-state index in [1.165, 1.54) is 38.9 Å². The molecule has 1 fully saturated rings. The highest BCUT2D eigenvalue weighted by molar-refractivity contribution is 14.0. The molecule has 1 heterocycles. The molecule has 0 aromatic rings. The van der Waals surface area contributed by atoms with Crippen LogP contribution in [0.15, 0.2) is 4.99 Å². The van der Waals surface area contributed by atoms with Crippen molar-refractivity contribution in [2.45, 2.75) is 46.5 Å². The summed E-state index contributed by atoms with van der Waals surface area (Å²) < 4.78 is 5.33. The fraction of sp³-hybridized carbons (Fsp3) is 0.941. The molecule has 1 aliphatic heterocycles. The molecule has 1 unspecified atom stereocenters. The van der Waals surface area contributed by atoms with E-state index >= 15 is 0 Å². The predicted molar refractivity (Wildman–Crippen MR) is 110 cm³/mol. The van der Waals surface area contributed by atoms with E-state index in [9.17, 15) is 0 Å². The van der Waals surface area contributed by atoms with E-state index in [0.29, 0.717) is 0 Å². The van der Waals surface area contributed by atoms with Gasteiger partial charge in [-0.3, -0.25) is 4.99 Å². The second kappa shape index (κ2) is 15.4. The maximum Gasteiger partial charge on any atom is 0.191 e. The predicted octanol–water partition coefficient (Wildman–Crippen LogP) is 2.71. The number of hydrogen-bond acceptors (Lipinski definition) is 3. The van der Waals surface area contributed by atoms with Crippen LogP contribution in [-0.2, 0) is 4.74 Å². The second-order valence-corrected chi connectivity index (χ2v) is 6.14. The summed E-state index contributed by atoms with van der Waals surface area (Å²) in [7, 11) is 0. The SMILES string of the molecule is CCNC(=NCCCOCC)NCCCN1CCCC(C)C1.I. The minimum absolute atomic E-state index is 0. The molecular weight excluding hydrogens is 403 g/mol. The van der Waals surface area contributed by atoms with Crippen LogP contribution in [-0.4, -0.2) is 63.3 Å². The number of hydrogen-bond donors (Lipinski definition) is 2. The average Bonchev–Trinajstić information content (AvgIpc) is 2.51. The number of rotatable bonds is 10. The molecule has 6 heteroatoms. The summed E-state index contributed by atoms with van der Waals surface area (Å²) in [6.45, 7) is 14.5. The number of guanidine groups is 1. The van der Waals surface area contributed by atoms with Gasteiger partial charge in [0.15, 0.2) is 5.96 Å². The Morgan fingerprint density at radius 3 is 2.78 bits per heavy atom. The molecule has 0 radical (unpaired) electrons. The fourth-order valence-electron chi connectivity index (χ4n) is 2.84. The highest BCUT2D eigenvalue weighted by atomic mass is 127. The van der Waals surface area contributed by atoms with E-state index in [-0.39, 0.29) is 24.0 Å². The molecule has 23 heavy (non-hydrogen) atoms. The van der Waals surface area contributed by atoms with Crippen LogP contribution in [0.5, 0.6) is 0 Å². The third-order valence-corrected chi connectivity index (χ3v) is 3.95. The Labute approximate surface area is 160 Å². The molecular formula is C17H37IN4O. The van der Waals surface area contributed by atoms with Gasteiger partial charge in [0.05, 0.1) is 0 Å². The lowest BCUT2D eigenvalue weighted by Gasteiger charge is -2.30. The zero-order valence-corrected chi connectivity index (χ0v) is 17.6. The minimum atomic E-state index is 0. The summed E-state index contributed by atoms with van der Waals surface area (Å²) in [6.07, 6.45) is 4.92. The van der Waals surface area contributed by atoms with Crippen LogP contribution in [0.25, 0.3) is 0 Å². The van der Waals surface area contributed by atoms with E-state index in [2.05, 4.69) is 34.4 Å². The van der Waals surface area contributed by atoms with E-state index in [4.69, 9.17) is 4.74 Å². The number of nitrogens with zero attached hydrogens (tertiary/aromatic N) is 2. The first kappa shape index (κ1) is 22.9. The Morgan fingerprint density at radius 2 is 2.09 bits per heavy atom. The van der Waals surface area contributed by atoms with Crippen molar-refractivity contribution in [2.24, 2.45) is 10.9 Å². The first-order valence-electron chi connectivity index (χ1n) is 9.08. The lowest BCUT2D eigenvalue weighted by Crippen LogP contribution is -2.40.